The van der Waals surface area contributed by atoms with Gasteiger partial charge in [0.15, 0.2) is 0 Å². The molecule has 1 aliphatic rings. The fraction of sp³-hybridized carbons (Fsp3) is 0.412. The van der Waals surface area contributed by atoms with Crippen molar-refractivity contribution in [1.29, 1.82) is 0 Å². The molecule has 1 amide bonds. The van der Waals surface area contributed by atoms with Crippen molar-refractivity contribution in [3.8, 4) is 5.69 Å². The van der Waals surface area contributed by atoms with E-state index >= 15 is 0 Å². The molecule has 0 radical (unpaired) electrons. The minimum atomic E-state index is 0.139. The van der Waals surface area contributed by atoms with Gasteiger partial charge in [0, 0.05) is 31.0 Å². The van der Waals surface area contributed by atoms with Gasteiger partial charge in [0.05, 0.1) is 5.69 Å². The third-order valence-corrected chi connectivity index (χ3v) is 4.04. The summed E-state index contributed by atoms with van der Waals surface area (Å²) in [6.45, 7) is 6.17. The van der Waals surface area contributed by atoms with Gasteiger partial charge in [0.2, 0.25) is 0 Å². The number of carbonyl (C=O) groups excluding carboxylic acids is 1. The molecule has 1 saturated heterocycles. The summed E-state index contributed by atoms with van der Waals surface area (Å²) in [5.74, 6) is 1.31. The average molecular weight is 283 g/mol. The van der Waals surface area contributed by atoms with E-state index < -0.39 is 0 Å². The van der Waals surface area contributed by atoms with E-state index in [0.29, 0.717) is 11.8 Å². The highest BCUT2D eigenvalue weighted by atomic mass is 16.2. The van der Waals surface area contributed by atoms with Gasteiger partial charge in [0.1, 0.15) is 0 Å². The number of benzene rings is 1. The van der Waals surface area contributed by atoms with Crippen LogP contribution < -0.4 is 0 Å². The van der Waals surface area contributed by atoms with E-state index in [1.807, 2.05) is 41.4 Å². The van der Waals surface area contributed by atoms with Crippen LogP contribution in [0.5, 0.6) is 0 Å². The number of aromatic nitrogens is 2. The summed E-state index contributed by atoms with van der Waals surface area (Å²) in [7, 11) is 0. The van der Waals surface area contributed by atoms with Gasteiger partial charge in [-0.25, -0.2) is 4.68 Å². The van der Waals surface area contributed by atoms with Gasteiger partial charge in [-0.15, -0.1) is 0 Å². The maximum absolute atomic E-state index is 12.6. The van der Waals surface area contributed by atoms with Crippen molar-refractivity contribution in [2.75, 3.05) is 13.1 Å². The van der Waals surface area contributed by atoms with Crippen LogP contribution in [-0.4, -0.2) is 33.7 Å². The summed E-state index contributed by atoms with van der Waals surface area (Å²) >= 11 is 0. The van der Waals surface area contributed by atoms with Gasteiger partial charge < -0.3 is 4.90 Å². The first-order valence-electron chi connectivity index (χ1n) is 7.53. The second-order valence-corrected chi connectivity index (χ2v) is 6.15. The lowest BCUT2D eigenvalue weighted by atomic mass is 9.91. The molecule has 4 heteroatoms. The summed E-state index contributed by atoms with van der Waals surface area (Å²) in [5, 5.41) is 4.19. The van der Waals surface area contributed by atoms with Crippen LogP contribution in [0.4, 0.5) is 0 Å². The zero-order chi connectivity index (χ0) is 14.8. The Morgan fingerprint density at radius 1 is 1.14 bits per heavy atom. The topological polar surface area (TPSA) is 38.1 Å². The zero-order valence-electron chi connectivity index (χ0n) is 12.6. The molecule has 2 heterocycles. The smallest absolute Gasteiger partial charge is 0.253 e. The zero-order valence-corrected chi connectivity index (χ0v) is 12.6. The maximum atomic E-state index is 12.6. The molecule has 0 aliphatic carbocycles. The van der Waals surface area contributed by atoms with Crippen molar-refractivity contribution < 1.29 is 4.79 Å². The lowest BCUT2D eigenvalue weighted by Crippen LogP contribution is -2.42. The number of piperidine rings is 1. The molecule has 1 aromatic heterocycles. The molecular formula is C17H21N3O. The molecule has 4 nitrogen and oxygen atoms in total. The molecule has 0 bridgehead atoms. The van der Waals surface area contributed by atoms with Gasteiger partial charge in [-0.05, 0) is 48.6 Å². The lowest BCUT2D eigenvalue weighted by molar-refractivity contribution is 0.0623. The van der Waals surface area contributed by atoms with Crippen molar-refractivity contribution >= 4 is 5.91 Å². The molecule has 1 aromatic carbocycles. The number of amides is 1. The van der Waals surface area contributed by atoms with Gasteiger partial charge in [-0.1, -0.05) is 13.8 Å². The van der Waals surface area contributed by atoms with Crippen molar-refractivity contribution in [3.63, 3.8) is 0 Å². The SMILES string of the molecule is C[C@H]1C[C@H](C)CN(C(=O)c2ccc(-n3cccn3)cc2)C1. The molecule has 21 heavy (non-hydrogen) atoms. The lowest BCUT2D eigenvalue weighted by Gasteiger charge is -2.35. The fourth-order valence-electron chi connectivity index (χ4n) is 3.19. The van der Waals surface area contributed by atoms with E-state index in [-0.39, 0.29) is 5.91 Å². The Kier molecular flexibility index (Phi) is 3.78. The standard InChI is InChI=1S/C17H21N3O/c1-13-10-14(2)12-19(11-13)17(21)15-4-6-16(7-5-15)20-9-3-8-18-20/h3-9,13-14H,10-12H2,1-2H3/t13-,14-/m0/s1. The molecule has 0 saturated carbocycles. The highest BCUT2D eigenvalue weighted by molar-refractivity contribution is 5.94. The summed E-state index contributed by atoms with van der Waals surface area (Å²) in [6, 6.07) is 9.55. The molecule has 0 N–H and O–H groups in total. The molecule has 1 fully saturated rings. The third-order valence-electron chi connectivity index (χ3n) is 4.04. The van der Waals surface area contributed by atoms with E-state index in [1.165, 1.54) is 6.42 Å². The van der Waals surface area contributed by atoms with E-state index in [2.05, 4.69) is 18.9 Å². The van der Waals surface area contributed by atoms with Crippen molar-refractivity contribution in [2.24, 2.45) is 11.8 Å². The first-order valence-corrected chi connectivity index (χ1v) is 7.53. The first-order chi connectivity index (χ1) is 10.1. The number of nitrogens with zero attached hydrogens (tertiary/aromatic N) is 3. The fourth-order valence-corrected chi connectivity index (χ4v) is 3.19. The molecule has 0 spiro atoms. The monoisotopic (exact) mass is 283 g/mol. The Morgan fingerprint density at radius 2 is 1.81 bits per heavy atom. The Balaban J connectivity index is 1.76. The predicted molar refractivity (Wildman–Crippen MR) is 82.4 cm³/mol. The van der Waals surface area contributed by atoms with Crippen molar-refractivity contribution in [3.05, 3.63) is 48.3 Å². The Hall–Kier alpha value is -2.10. The number of carbonyl (C=O) groups is 1. The number of hydrogen-bond donors (Lipinski definition) is 0. The van der Waals surface area contributed by atoms with E-state index in [9.17, 15) is 4.79 Å². The first kappa shape index (κ1) is 13.9. The molecule has 3 rings (SSSR count). The van der Waals surface area contributed by atoms with Crippen molar-refractivity contribution in [2.45, 2.75) is 20.3 Å². The minimum absolute atomic E-state index is 0.139. The van der Waals surface area contributed by atoms with E-state index in [1.54, 1.807) is 10.9 Å². The summed E-state index contributed by atoms with van der Waals surface area (Å²) in [4.78, 5) is 14.6. The van der Waals surface area contributed by atoms with Crippen LogP contribution in [0.3, 0.4) is 0 Å². The van der Waals surface area contributed by atoms with E-state index in [4.69, 9.17) is 0 Å². The molecule has 0 unspecified atom stereocenters. The van der Waals surface area contributed by atoms with Gasteiger partial charge in [0.25, 0.3) is 5.91 Å². The highest BCUT2D eigenvalue weighted by Crippen LogP contribution is 2.22. The molecule has 2 aromatic rings. The summed E-state index contributed by atoms with van der Waals surface area (Å²) < 4.78 is 1.79. The largest absolute Gasteiger partial charge is 0.338 e. The highest BCUT2D eigenvalue weighted by Gasteiger charge is 2.25. The van der Waals surface area contributed by atoms with Crippen LogP contribution in [0, 0.1) is 11.8 Å². The van der Waals surface area contributed by atoms with Crippen molar-refractivity contribution in [1.82, 2.24) is 14.7 Å². The normalized spacial score (nSPS) is 22.3. The number of likely N-dealkylation sites (tertiary alicyclic amines) is 1. The van der Waals surface area contributed by atoms with Crippen LogP contribution in [-0.2, 0) is 0 Å². The van der Waals surface area contributed by atoms with E-state index in [0.717, 1.165) is 24.3 Å². The van der Waals surface area contributed by atoms with Gasteiger partial charge >= 0.3 is 0 Å². The molecular weight excluding hydrogens is 262 g/mol. The van der Waals surface area contributed by atoms with Gasteiger partial charge in [-0.3, -0.25) is 4.79 Å². The summed E-state index contributed by atoms with van der Waals surface area (Å²) in [6.07, 6.45) is 4.85. The van der Waals surface area contributed by atoms with Crippen LogP contribution in [0.25, 0.3) is 5.69 Å². The molecule has 2 atom stereocenters. The predicted octanol–water partition coefficient (Wildman–Crippen LogP) is 2.99. The Labute approximate surface area is 125 Å². The van der Waals surface area contributed by atoms with Gasteiger partial charge in [-0.2, -0.15) is 5.10 Å². The summed E-state index contributed by atoms with van der Waals surface area (Å²) in [5.41, 5.74) is 1.73. The number of hydrogen-bond acceptors (Lipinski definition) is 2. The minimum Gasteiger partial charge on any atom is -0.338 e. The van der Waals surface area contributed by atoms with Crippen LogP contribution in [0.2, 0.25) is 0 Å². The average Bonchev–Trinajstić information content (AvgIpc) is 3.00. The van der Waals surface area contributed by atoms with Crippen LogP contribution in [0.15, 0.2) is 42.7 Å². The third kappa shape index (κ3) is 2.99. The quantitative estimate of drug-likeness (QED) is 0.850. The molecule has 110 valence electrons. The second-order valence-electron chi connectivity index (χ2n) is 6.15. The molecule has 1 aliphatic heterocycles. The number of rotatable bonds is 2. The Bertz CT molecular complexity index is 593. The van der Waals surface area contributed by atoms with Crippen LogP contribution in [0.1, 0.15) is 30.6 Å². The maximum Gasteiger partial charge on any atom is 0.253 e. The Morgan fingerprint density at radius 3 is 2.38 bits per heavy atom. The second kappa shape index (κ2) is 5.72. The van der Waals surface area contributed by atoms with Crippen LogP contribution >= 0.6 is 0 Å².